The van der Waals surface area contributed by atoms with Crippen molar-refractivity contribution in [3.05, 3.63) is 105 Å². The topological polar surface area (TPSA) is 112 Å². The van der Waals surface area contributed by atoms with Gasteiger partial charge in [0.05, 0.1) is 19.8 Å². The van der Waals surface area contributed by atoms with Crippen molar-refractivity contribution in [2.75, 3.05) is 6.61 Å². The average Bonchev–Trinajstić information content (AvgIpc) is 3.14. The Bertz CT molecular complexity index is 1350. The minimum Gasteiger partial charge on any atom is -0.374 e. The Morgan fingerprint density at radius 1 is 1.03 bits per heavy atom. The molecule has 2 N–H and O–H groups in total. The first kappa shape index (κ1) is 27.3. The van der Waals surface area contributed by atoms with Crippen LogP contribution < -0.4 is 16.6 Å². The Morgan fingerprint density at radius 2 is 1.63 bits per heavy atom. The van der Waals surface area contributed by atoms with E-state index in [1.54, 1.807) is 30.3 Å². The maximum atomic E-state index is 13.4. The molecule has 1 saturated heterocycles. The molecule has 1 amide bonds. The van der Waals surface area contributed by atoms with Gasteiger partial charge in [0, 0.05) is 12.3 Å². The molecule has 2 aromatic carbocycles. The lowest BCUT2D eigenvalue weighted by Crippen LogP contribution is -2.61. The predicted octanol–water partition coefficient (Wildman–Crippen LogP) is 2.67. The number of alkyl halides is 3. The number of benzene rings is 2. The highest BCUT2D eigenvalue weighted by atomic mass is 19.4. The molecule has 2 heterocycles. The molecule has 0 bridgehead atoms. The quantitative estimate of drug-likeness (QED) is 0.438. The highest BCUT2D eigenvalue weighted by molar-refractivity contribution is 5.82. The van der Waals surface area contributed by atoms with Gasteiger partial charge in [-0.05, 0) is 18.1 Å². The van der Waals surface area contributed by atoms with Crippen LogP contribution in [0.1, 0.15) is 24.3 Å². The average molecular weight is 534 g/mol. The highest BCUT2D eigenvalue weighted by Gasteiger charge is 2.58. The first-order valence-corrected chi connectivity index (χ1v) is 11.7. The third kappa shape index (κ3) is 6.21. The number of carbonyl (C=O) groups excluding carboxylic acids is 1. The Balaban J connectivity index is 1.68. The Kier molecular flexibility index (Phi) is 8.14. The summed E-state index contributed by atoms with van der Waals surface area (Å²) in [5.41, 5.74) is -1.95. The van der Waals surface area contributed by atoms with Crippen molar-refractivity contribution in [1.82, 2.24) is 14.9 Å². The molecule has 9 nitrogen and oxygen atoms in total. The van der Waals surface area contributed by atoms with Crippen LogP contribution in [0.15, 0.2) is 82.5 Å². The van der Waals surface area contributed by atoms with Crippen molar-refractivity contribution in [2.45, 2.75) is 50.3 Å². The van der Waals surface area contributed by atoms with Gasteiger partial charge in [0.1, 0.15) is 17.7 Å². The van der Waals surface area contributed by atoms with Gasteiger partial charge in [-0.1, -0.05) is 60.7 Å². The third-order valence-electron chi connectivity index (χ3n) is 6.16. The van der Waals surface area contributed by atoms with Gasteiger partial charge in [0.25, 0.3) is 5.56 Å². The number of amides is 1. The van der Waals surface area contributed by atoms with Gasteiger partial charge in [-0.2, -0.15) is 13.2 Å². The normalized spacial score (nSPS) is 23.3. The molecule has 3 aromatic rings. The van der Waals surface area contributed by atoms with E-state index >= 15 is 0 Å². The summed E-state index contributed by atoms with van der Waals surface area (Å²) in [6, 6.07) is 19.1. The van der Waals surface area contributed by atoms with Crippen LogP contribution in [-0.4, -0.2) is 46.0 Å². The Morgan fingerprint density at radius 3 is 2.21 bits per heavy atom. The van der Waals surface area contributed by atoms with Crippen LogP contribution in [-0.2, 0) is 32.2 Å². The number of hydrogen-bond acceptors (Lipinski definition) is 6. The third-order valence-corrected chi connectivity index (χ3v) is 6.16. The molecular weight excluding hydrogens is 507 g/mol. The number of carbonyl (C=O) groups is 1. The molecule has 0 aliphatic carbocycles. The molecule has 1 aromatic heterocycles. The van der Waals surface area contributed by atoms with Crippen molar-refractivity contribution in [3.8, 4) is 0 Å². The predicted molar refractivity (Wildman–Crippen MR) is 129 cm³/mol. The lowest BCUT2D eigenvalue weighted by Gasteiger charge is -2.36. The van der Waals surface area contributed by atoms with Crippen molar-refractivity contribution >= 4 is 5.91 Å². The molecule has 1 fully saturated rings. The monoisotopic (exact) mass is 533 g/mol. The van der Waals surface area contributed by atoms with Crippen LogP contribution >= 0.6 is 0 Å². The van der Waals surface area contributed by atoms with Gasteiger partial charge >= 0.3 is 17.8 Å². The number of aromatic amines is 1. The maximum Gasteiger partial charge on any atom is 0.471 e. The number of hydrogen-bond donors (Lipinski definition) is 2. The second kappa shape index (κ2) is 11.3. The van der Waals surface area contributed by atoms with E-state index in [1.807, 2.05) is 35.6 Å². The Labute approximate surface area is 215 Å². The molecule has 202 valence electrons. The molecule has 1 aliphatic rings. The van der Waals surface area contributed by atoms with Gasteiger partial charge in [-0.15, -0.1) is 0 Å². The van der Waals surface area contributed by atoms with Gasteiger partial charge in [0.2, 0.25) is 0 Å². The van der Waals surface area contributed by atoms with Crippen molar-refractivity contribution in [3.63, 3.8) is 0 Å². The minimum atomic E-state index is -5.21. The van der Waals surface area contributed by atoms with Gasteiger partial charge in [0.15, 0.2) is 6.23 Å². The molecule has 0 spiro atoms. The molecule has 4 rings (SSSR count). The second-order valence-corrected chi connectivity index (χ2v) is 9.00. The summed E-state index contributed by atoms with van der Waals surface area (Å²) in [5, 5.41) is 1.99. The number of nitrogens with one attached hydrogen (secondary N) is 2. The number of H-pyrrole nitrogens is 1. The van der Waals surface area contributed by atoms with Gasteiger partial charge in [-0.25, -0.2) is 4.79 Å². The molecule has 0 saturated carbocycles. The van der Waals surface area contributed by atoms with E-state index in [0.717, 1.165) is 28.0 Å². The summed E-state index contributed by atoms with van der Waals surface area (Å²) in [6.45, 7) is 1.34. The first-order chi connectivity index (χ1) is 18.1. The summed E-state index contributed by atoms with van der Waals surface area (Å²) in [5.74, 6) is -2.23. The number of rotatable bonds is 9. The molecule has 1 aliphatic heterocycles. The number of aromatic nitrogens is 2. The van der Waals surface area contributed by atoms with Crippen molar-refractivity contribution in [2.24, 2.45) is 0 Å². The molecular formula is C26H26F3N3O6. The maximum absolute atomic E-state index is 13.4. The zero-order chi connectivity index (χ0) is 27.3. The number of nitrogens with zero attached hydrogens (tertiary/aromatic N) is 1. The zero-order valence-electron chi connectivity index (χ0n) is 20.3. The van der Waals surface area contributed by atoms with Crippen LogP contribution in [0, 0.1) is 0 Å². The van der Waals surface area contributed by atoms with Crippen LogP contribution in [0.4, 0.5) is 13.2 Å². The van der Waals surface area contributed by atoms with E-state index in [1.165, 1.54) is 6.92 Å². The van der Waals surface area contributed by atoms with Crippen LogP contribution in [0.5, 0.6) is 0 Å². The van der Waals surface area contributed by atoms with Gasteiger partial charge < -0.3 is 19.5 Å². The van der Waals surface area contributed by atoms with Crippen LogP contribution in [0.3, 0.4) is 0 Å². The summed E-state index contributed by atoms with van der Waals surface area (Å²) in [6.07, 6.45) is -7.77. The largest absolute Gasteiger partial charge is 0.471 e. The zero-order valence-corrected chi connectivity index (χ0v) is 20.3. The smallest absolute Gasteiger partial charge is 0.374 e. The van der Waals surface area contributed by atoms with E-state index in [2.05, 4.69) is 4.98 Å². The summed E-state index contributed by atoms with van der Waals surface area (Å²) >= 11 is 0. The van der Waals surface area contributed by atoms with Crippen molar-refractivity contribution < 1.29 is 32.2 Å². The van der Waals surface area contributed by atoms with E-state index in [-0.39, 0.29) is 19.8 Å². The molecule has 4 unspecified atom stereocenters. The lowest BCUT2D eigenvalue weighted by atomic mass is 9.91. The summed E-state index contributed by atoms with van der Waals surface area (Å²) < 4.78 is 58.9. The molecule has 4 atom stereocenters. The fraction of sp³-hybridized carbons (Fsp3) is 0.346. The van der Waals surface area contributed by atoms with Gasteiger partial charge in [-0.3, -0.25) is 19.1 Å². The first-order valence-electron chi connectivity index (χ1n) is 11.7. The minimum absolute atomic E-state index is 0.0191. The van der Waals surface area contributed by atoms with Crippen LogP contribution in [0.2, 0.25) is 0 Å². The Hall–Kier alpha value is -3.74. The lowest BCUT2D eigenvalue weighted by molar-refractivity contribution is -0.178. The molecule has 0 radical (unpaired) electrons. The second-order valence-electron chi connectivity index (χ2n) is 9.00. The van der Waals surface area contributed by atoms with Crippen LogP contribution in [0.25, 0.3) is 0 Å². The standard InChI is InChI=1S/C26H26F3N3O6/c1-25(31-22(34)26(27,28)29)21(37-15-18-10-6-3-7-11-18)19(16-36-14-17-8-4-2-5-9-17)38-23(25)32-13-12-20(33)30-24(32)35/h2-13,19,21,23H,14-16H2,1H3,(H,31,34)(H,30,33,35). The number of halogens is 3. The molecule has 38 heavy (non-hydrogen) atoms. The summed E-state index contributed by atoms with van der Waals surface area (Å²) in [7, 11) is 0. The number of ether oxygens (including phenoxy) is 3. The van der Waals surface area contributed by atoms with E-state index < -0.39 is 47.3 Å². The molecule has 12 heteroatoms. The fourth-order valence-corrected chi connectivity index (χ4v) is 4.35. The van der Waals surface area contributed by atoms with E-state index in [4.69, 9.17) is 14.2 Å². The fourth-order valence-electron chi connectivity index (χ4n) is 4.35. The highest BCUT2D eigenvalue weighted by Crippen LogP contribution is 2.41. The SMILES string of the molecule is CC1(NC(=O)C(F)(F)F)C(OCc2ccccc2)C(COCc2ccccc2)OC1n1ccc(=O)[nH]c1=O. The van der Waals surface area contributed by atoms with E-state index in [9.17, 15) is 27.6 Å². The van der Waals surface area contributed by atoms with Crippen molar-refractivity contribution in [1.29, 1.82) is 0 Å². The van der Waals surface area contributed by atoms with E-state index in [0.29, 0.717) is 0 Å². The summed E-state index contributed by atoms with van der Waals surface area (Å²) in [4.78, 5) is 38.4.